The predicted molar refractivity (Wildman–Crippen MR) is 61.4 cm³/mol. The Morgan fingerprint density at radius 1 is 1.38 bits per heavy atom. The molecule has 2 rings (SSSR count). The summed E-state index contributed by atoms with van der Waals surface area (Å²) >= 11 is 0. The van der Waals surface area contributed by atoms with E-state index in [1.807, 2.05) is 18.2 Å². The molecule has 5 heteroatoms. The molecule has 0 saturated heterocycles. The van der Waals surface area contributed by atoms with Crippen LogP contribution in [0, 0.1) is 0 Å². The monoisotopic (exact) mass is 218 g/mol. The van der Waals surface area contributed by atoms with Gasteiger partial charge in [-0.1, -0.05) is 0 Å². The molecule has 0 bridgehead atoms. The molecule has 0 aromatic carbocycles. The van der Waals surface area contributed by atoms with Gasteiger partial charge in [-0.3, -0.25) is 5.10 Å². The van der Waals surface area contributed by atoms with Crippen LogP contribution in [0.3, 0.4) is 0 Å². The molecule has 2 heterocycles. The van der Waals surface area contributed by atoms with Crippen molar-refractivity contribution < 1.29 is 4.74 Å². The molecule has 0 spiro atoms. The van der Waals surface area contributed by atoms with Gasteiger partial charge in [-0.05, 0) is 19.1 Å². The third kappa shape index (κ3) is 2.31. The zero-order chi connectivity index (χ0) is 11.4. The maximum absolute atomic E-state index is 4.99. The van der Waals surface area contributed by atoms with E-state index < -0.39 is 0 Å². The molecular weight excluding hydrogens is 204 g/mol. The van der Waals surface area contributed by atoms with Gasteiger partial charge < -0.3 is 10.1 Å². The van der Waals surface area contributed by atoms with Crippen molar-refractivity contribution in [2.24, 2.45) is 0 Å². The van der Waals surface area contributed by atoms with Crippen LogP contribution in [0.25, 0.3) is 0 Å². The van der Waals surface area contributed by atoms with Crippen LogP contribution in [0.2, 0.25) is 0 Å². The molecule has 0 saturated carbocycles. The second-order valence-electron chi connectivity index (χ2n) is 3.47. The summed E-state index contributed by atoms with van der Waals surface area (Å²) in [6.45, 7) is 2.05. The minimum Gasteiger partial charge on any atom is -0.481 e. The fourth-order valence-electron chi connectivity index (χ4n) is 1.42. The first-order valence-corrected chi connectivity index (χ1v) is 5.05. The van der Waals surface area contributed by atoms with E-state index in [1.54, 1.807) is 19.5 Å². The summed E-state index contributed by atoms with van der Waals surface area (Å²) in [6, 6.07) is 5.85. The molecule has 0 aliphatic rings. The largest absolute Gasteiger partial charge is 0.481 e. The molecule has 2 N–H and O–H groups in total. The number of ether oxygens (including phenoxy) is 1. The maximum atomic E-state index is 4.99. The third-order valence-electron chi connectivity index (χ3n) is 2.32. The Balaban J connectivity index is 2.03. The van der Waals surface area contributed by atoms with Gasteiger partial charge in [-0.25, -0.2) is 4.98 Å². The van der Waals surface area contributed by atoms with Crippen LogP contribution in [-0.4, -0.2) is 22.3 Å². The standard InChI is InChI=1S/C11H14N4O/c1-8(10-5-6-13-15-10)14-9-3-4-11(16-2)12-7-9/h3-8,14H,1-2H3,(H,13,15). The highest BCUT2D eigenvalue weighted by Crippen LogP contribution is 2.17. The Kier molecular flexibility index (Phi) is 3.05. The summed E-state index contributed by atoms with van der Waals surface area (Å²) in [4.78, 5) is 4.12. The Morgan fingerprint density at radius 3 is 2.81 bits per heavy atom. The highest BCUT2D eigenvalue weighted by atomic mass is 16.5. The zero-order valence-electron chi connectivity index (χ0n) is 9.27. The SMILES string of the molecule is COc1ccc(NC(C)c2ccn[nH]2)cn1. The van der Waals surface area contributed by atoms with Gasteiger partial charge >= 0.3 is 0 Å². The number of pyridine rings is 1. The topological polar surface area (TPSA) is 62.8 Å². The van der Waals surface area contributed by atoms with Crippen LogP contribution in [-0.2, 0) is 0 Å². The lowest BCUT2D eigenvalue weighted by molar-refractivity contribution is 0.398. The number of anilines is 1. The van der Waals surface area contributed by atoms with Crippen molar-refractivity contribution in [2.45, 2.75) is 13.0 Å². The smallest absolute Gasteiger partial charge is 0.213 e. The number of aromatic amines is 1. The van der Waals surface area contributed by atoms with E-state index in [-0.39, 0.29) is 6.04 Å². The van der Waals surface area contributed by atoms with E-state index >= 15 is 0 Å². The number of hydrogen-bond acceptors (Lipinski definition) is 4. The second-order valence-corrected chi connectivity index (χ2v) is 3.47. The van der Waals surface area contributed by atoms with E-state index in [0.717, 1.165) is 11.4 Å². The van der Waals surface area contributed by atoms with Crippen LogP contribution in [0.5, 0.6) is 5.88 Å². The molecule has 5 nitrogen and oxygen atoms in total. The molecule has 84 valence electrons. The molecule has 1 atom stereocenters. The first-order valence-electron chi connectivity index (χ1n) is 5.05. The molecule has 0 fully saturated rings. The lowest BCUT2D eigenvalue weighted by atomic mass is 10.2. The molecule has 16 heavy (non-hydrogen) atoms. The summed E-state index contributed by atoms with van der Waals surface area (Å²) in [7, 11) is 1.60. The summed E-state index contributed by atoms with van der Waals surface area (Å²) in [5.41, 5.74) is 1.98. The van der Waals surface area contributed by atoms with E-state index in [4.69, 9.17) is 4.74 Å². The molecule has 2 aromatic heterocycles. The van der Waals surface area contributed by atoms with Crippen molar-refractivity contribution in [3.05, 3.63) is 36.3 Å². The van der Waals surface area contributed by atoms with Gasteiger partial charge in [0.15, 0.2) is 0 Å². The first kappa shape index (κ1) is 10.5. The predicted octanol–water partition coefficient (Wildman–Crippen LogP) is 1.99. The number of aromatic nitrogens is 3. The van der Waals surface area contributed by atoms with E-state index in [2.05, 4.69) is 27.4 Å². The normalized spacial score (nSPS) is 12.1. The summed E-state index contributed by atoms with van der Waals surface area (Å²) in [6.07, 6.45) is 3.48. The molecule has 1 unspecified atom stereocenters. The number of nitrogens with zero attached hydrogens (tertiary/aromatic N) is 2. The number of nitrogens with one attached hydrogen (secondary N) is 2. The lowest BCUT2D eigenvalue weighted by Gasteiger charge is -2.13. The van der Waals surface area contributed by atoms with Gasteiger partial charge in [0, 0.05) is 12.3 Å². The average molecular weight is 218 g/mol. The van der Waals surface area contributed by atoms with Gasteiger partial charge in [-0.2, -0.15) is 5.10 Å². The summed E-state index contributed by atoms with van der Waals surface area (Å²) in [5, 5.41) is 10.1. The van der Waals surface area contributed by atoms with Crippen molar-refractivity contribution in [2.75, 3.05) is 12.4 Å². The third-order valence-corrected chi connectivity index (χ3v) is 2.32. The van der Waals surface area contributed by atoms with Gasteiger partial charge in [-0.15, -0.1) is 0 Å². The molecule has 0 aliphatic carbocycles. The lowest BCUT2D eigenvalue weighted by Crippen LogP contribution is -2.07. The Bertz CT molecular complexity index is 424. The Labute approximate surface area is 93.9 Å². The number of hydrogen-bond donors (Lipinski definition) is 2. The van der Waals surface area contributed by atoms with Crippen molar-refractivity contribution in [1.29, 1.82) is 0 Å². The van der Waals surface area contributed by atoms with Gasteiger partial charge in [0.05, 0.1) is 30.7 Å². The quantitative estimate of drug-likeness (QED) is 0.823. The average Bonchev–Trinajstić information content (AvgIpc) is 2.83. The molecule has 0 aliphatic heterocycles. The van der Waals surface area contributed by atoms with Crippen LogP contribution >= 0.6 is 0 Å². The van der Waals surface area contributed by atoms with Crippen molar-refractivity contribution in [1.82, 2.24) is 15.2 Å². The summed E-state index contributed by atoms with van der Waals surface area (Å²) in [5.74, 6) is 0.611. The molecular formula is C11H14N4O. The van der Waals surface area contributed by atoms with Crippen LogP contribution in [0.1, 0.15) is 18.7 Å². The van der Waals surface area contributed by atoms with E-state index in [1.165, 1.54) is 0 Å². The van der Waals surface area contributed by atoms with Crippen LogP contribution < -0.4 is 10.1 Å². The Hall–Kier alpha value is -2.04. The van der Waals surface area contributed by atoms with E-state index in [9.17, 15) is 0 Å². The number of methoxy groups -OCH3 is 1. The number of H-pyrrole nitrogens is 1. The van der Waals surface area contributed by atoms with Gasteiger partial charge in [0.2, 0.25) is 5.88 Å². The minimum absolute atomic E-state index is 0.165. The van der Waals surface area contributed by atoms with Crippen molar-refractivity contribution in [3.8, 4) is 5.88 Å². The fourth-order valence-corrected chi connectivity index (χ4v) is 1.42. The van der Waals surface area contributed by atoms with Gasteiger partial charge in [0.25, 0.3) is 0 Å². The maximum Gasteiger partial charge on any atom is 0.213 e. The molecule has 2 aromatic rings. The minimum atomic E-state index is 0.165. The zero-order valence-corrected chi connectivity index (χ0v) is 9.27. The van der Waals surface area contributed by atoms with Crippen LogP contribution in [0.4, 0.5) is 5.69 Å². The van der Waals surface area contributed by atoms with Crippen molar-refractivity contribution >= 4 is 5.69 Å². The molecule has 0 amide bonds. The first-order chi connectivity index (χ1) is 7.79. The highest BCUT2D eigenvalue weighted by Gasteiger charge is 2.06. The van der Waals surface area contributed by atoms with Crippen molar-refractivity contribution in [3.63, 3.8) is 0 Å². The number of rotatable bonds is 4. The highest BCUT2D eigenvalue weighted by molar-refractivity contribution is 5.43. The van der Waals surface area contributed by atoms with E-state index in [0.29, 0.717) is 5.88 Å². The molecule has 0 radical (unpaired) electrons. The fraction of sp³-hybridized carbons (Fsp3) is 0.273. The van der Waals surface area contributed by atoms with Gasteiger partial charge in [0.1, 0.15) is 0 Å². The van der Waals surface area contributed by atoms with Crippen LogP contribution in [0.15, 0.2) is 30.6 Å². The second kappa shape index (κ2) is 4.65. The summed E-state index contributed by atoms with van der Waals surface area (Å²) < 4.78 is 4.99. The Morgan fingerprint density at radius 2 is 2.25 bits per heavy atom.